The van der Waals surface area contributed by atoms with E-state index in [0.717, 1.165) is 89.8 Å². The van der Waals surface area contributed by atoms with E-state index in [1.807, 2.05) is 85.3 Å². The summed E-state index contributed by atoms with van der Waals surface area (Å²) in [6, 6.07) is 75.8. The standard InChI is InChI=1S/C63H51N3O2/c1-62(2,67-55-32-28-48(29-33-55)59-18-10-12-37-64-59)53-40-52(41-54(43-53)63(3,4)68-56-34-30-49(31-35-56)60-19-11-13-38-65-60)58-17-9-8-16-57(58)47-24-26-50(27-25-47)61-42-51(36-39-66-61)46-22-20-45(21-23-46)44-14-6-5-7-15-44/h5-43H,1-4H3. The fourth-order valence-corrected chi connectivity index (χ4v) is 8.70. The van der Waals surface area contributed by atoms with Crippen molar-refractivity contribution in [1.82, 2.24) is 15.0 Å². The number of hydrogen-bond acceptors (Lipinski definition) is 5. The lowest BCUT2D eigenvalue weighted by Crippen LogP contribution is -2.29. The predicted molar refractivity (Wildman–Crippen MR) is 278 cm³/mol. The van der Waals surface area contributed by atoms with Crippen molar-refractivity contribution in [3.63, 3.8) is 0 Å². The molecular formula is C63H51N3O2. The summed E-state index contributed by atoms with van der Waals surface area (Å²) in [5, 5.41) is 0. The average Bonchev–Trinajstić information content (AvgIpc) is 3.40. The van der Waals surface area contributed by atoms with Crippen LogP contribution in [0.25, 0.3) is 78.3 Å². The van der Waals surface area contributed by atoms with E-state index in [9.17, 15) is 0 Å². The van der Waals surface area contributed by atoms with Gasteiger partial charge >= 0.3 is 0 Å². The second kappa shape index (κ2) is 18.8. The molecule has 0 aliphatic heterocycles. The summed E-state index contributed by atoms with van der Waals surface area (Å²) >= 11 is 0. The van der Waals surface area contributed by atoms with Gasteiger partial charge in [0.1, 0.15) is 22.7 Å². The molecule has 5 nitrogen and oxygen atoms in total. The van der Waals surface area contributed by atoms with Crippen LogP contribution in [0.4, 0.5) is 0 Å². The number of benzene rings is 7. The Kier molecular flexibility index (Phi) is 12.0. The molecule has 3 aromatic heterocycles. The van der Waals surface area contributed by atoms with Gasteiger partial charge in [0.25, 0.3) is 0 Å². The molecule has 330 valence electrons. The van der Waals surface area contributed by atoms with E-state index in [0.29, 0.717) is 0 Å². The molecule has 0 atom stereocenters. The summed E-state index contributed by atoms with van der Waals surface area (Å²) in [6.07, 6.45) is 5.52. The molecule has 0 spiro atoms. The van der Waals surface area contributed by atoms with Crippen LogP contribution >= 0.6 is 0 Å². The van der Waals surface area contributed by atoms with E-state index in [1.165, 1.54) is 11.1 Å². The summed E-state index contributed by atoms with van der Waals surface area (Å²) in [6.45, 7) is 8.50. The molecule has 68 heavy (non-hydrogen) atoms. The van der Waals surface area contributed by atoms with Gasteiger partial charge in [-0.2, -0.15) is 0 Å². The number of rotatable bonds is 13. The van der Waals surface area contributed by atoms with Gasteiger partial charge in [0.15, 0.2) is 0 Å². The van der Waals surface area contributed by atoms with Gasteiger partial charge in [-0.3, -0.25) is 15.0 Å². The minimum atomic E-state index is -0.722. The van der Waals surface area contributed by atoms with Crippen molar-refractivity contribution in [1.29, 1.82) is 0 Å². The predicted octanol–water partition coefficient (Wildman–Crippen LogP) is 16.2. The molecule has 0 bridgehead atoms. The van der Waals surface area contributed by atoms with Crippen molar-refractivity contribution < 1.29 is 9.47 Å². The van der Waals surface area contributed by atoms with E-state index >= 15 is 0 Å². The Labute approximate surface area is 399 Å². The fraction of sp³-hybridized carbons (Fsp3) is 0.0952. The first kappa shape index (κ1) is 43.5. The highest BCUT2D eigenvalue weighted by atomic mass is 16.5. The van der Waals surface area contributed by atoms with E-state index in [2.05, 4.69) is 189 Å². The van der Waals surface area contributed by atoms with E-state index in [1.54, 1.807) is 0 Å². The Morgan fingerprint density at radius 1 is 0.279 bits per heavy atom. The SMILES string of the molecule is CC(C)(Oc1ccc(-c2ccccn2)cc1)c1cc(-c2ccccc2-c2ccc(-c3cc(-c4ccc(-c5ccccc5)cc4)ccn3)cc2)cc(C(C)(C)Oc2ccc(-c3ccccn3)cc2)c1. The number of hydrogen-bond donors (Lipinski definition) is 0. The zero-order valence-corrected chi connectivity index (χ0v) is 38.7. The first-order valence-electron chi connectivity index (χ1n) is 23.0. The zero-order valence-electron chi connectivity index (χ0n) is 38.7. The summed E-state index contributed by atoms with van der Waals surface area (Å²) in [7, 11) is 0. The van der Waals surface area contributed by atoms with Crippen molar-refractivity contribution >= 4 is 0 Å². The molecule has 0 saturated heterocycles. The van der Waals surface area contributed by atoms with Crippen molar-refractivity contribution in [2.24, 2.45) is 0 Å². The maximum Gasteiger partial charge on any atom is 0.128 e. The van der Waals surface area contributed by atoms with E-state index in [-0.39, 0.29) is 0 Å². The van der Waals surface area contributed by atoms with Gasteiger partial charge in [-0.1, -0.05) is 115 Å². The maximum absolute atomic E-state index is 6.87. The molecule has 7 aromatic carbocycles. The van der Waals surface area contributed by atoms with Crippen LogP contribution in [-0.4, -0.2) is 15.0 Å². The first-order valence-corrected chi connectivity index (χ1v) is 23.0. The number of ether oxygens (including phenoxy) is 2. The topological polar surface area (TPSA) is 57.1 Å². The van der Waals surface area contributed by atoms with Crippen LogP contribution in [0.2, 0.25) is 0 Å². The quantitative estimate of drug-likeness (QED) is 0.115. The van der Waals surface area contributed by atoms with E-state index < -0.39 is 11.2 Å². The van der Waals surface area contributed by atoms with Crippen molar-refractivity contribution in [3.05, 3.63) is 248 Å². The molecule has 5 heteroatoms. The molecule has 0 unspecified atom stereocenters. The van der Waals surface area contributed by atoms with Gasteiger partial charge < -0.3 is 9.47 Å². The average molecular weight is 882 g/mol. The molecule has 0 fully saturated rings. The Morgan fingerprint density at radius 3 is 1.19 bits per heavy atom. The van der Waals surface area contributed by atoms with Crippen molar-refractivity contribution in [3.8, 4) is 89.8 Å². The Hall–Kier alpha value is -8.41. The molecule has 0 aliphatic rings. The lowest BCUT2D eigenvalue weighted by Gasteiger charge is -2.32. The number of pyridine rings is 3. The van der Waals surface area contributed by atoms with E-state index in [4.69, 9.17) is 14.5 Å². The first-order chi connectivity index (χ1) is 33.1. The Morgan fingerprint density at radius 2 is 0.676 bits per heavy atom. The second-order valence-electron chi connectivity index (χ2n) is 18.0. The van der Waals surface area contributed by atoms with Gasteiger partial charge in [-0.05, 0) is 186 Å². The van der Waals surface area contributed by atoms with Gasteiger partial charge in [-0.15, -0.1) is 0 Å². The third-order valence-corrected chi connectivity index (χ3v) is 12.5. The van der Waals surface area contributed by atoms with Crippen LogP contribution in [0.1, 0.15) is 38.8 Å². The molecule has 0 N–H and O–H groups in total. The Bertz CT molecular complexity index is 3160. The van der Waals surface area contributed by atoms with Gasteiger partial charge in [0.05, 0.1) is 17.1 Å². The lowest BCUT2D eigenvalue weighted by atomic mass is 9.85. The largest absolute Gasteiger partial charge is 0.483 e. The molecule has 3 heterocycles. The highest BCUT2D eigenvalue weighted by Crippen LogP contribution is 2.41. The molecule has 10 aromatic rings. The number of nitrogens with zero attached hydrogens (tertiary/aromatic N) is 3. The number of aromatic nitrogens is 3. The summed E-state index contributed by atoms with van der Waals surface area (Å²) in [5.74, 6) is 1.54. The molecular weight excluding hydrogens is 831 g/mol. The molecule has 0 aliphatic carbocycles. The Balaban J connectivity index is 0.971. The third kappa shape index (κ3) is 9.60. The highest BCUT2D eigenvalue weighted by Gasteiger charge is 2.30. The molecule has 0 amide bonds. The highest BCUT2D eigenvalue weighted by molar-refractivity contribution is 5.85. The fourth-order valence-electron chi connectivity index (χ4n) is 8.70. The summed E-state index contributed by atoms with van der Waals surface area (Å²) in [4.78, 5) is 13.9. The van der Waals surface area contributed by atoms with Crippen molar-refractivity contribution in [2.75, 3.05) is 0 Å². The summed E-state index contributed by atoms with van der Waals surface area (Å²) < 4.78 is 13.7. The smallest absolute Gasteiger partial charge is 0.128 e. The van der Waals surface area contributed by atoms with Crippen molar-refractivity contribution in [2.45, 2.75) is 38.9 Å². The van der Waals surface area contributed by atoms with Crippen LogP contribution in [0.5, 0.6) is 11.5 Å². The minimum absolute atomic E-state index is 0.722. The van der Waals surface area contributed by atoms with Crippen LogP contribution in [-0.2, 0) is 11.2 Å². The lowest BCUT2D eigenvalue weighted by molar-refractivity contribution is 0.102. The molecule has 0 radical (unpaired) electrons. The minimum Gasteiger partial charge on any atom is -0.483 e. The van der Waals surface area contributed by atoms with Crippen LogP contribution in [0.3, 0.4) is 0 Å². The van der Waals surface area contributed by atoms with Crippen LogP contribution in [0.15, 0.2) is 237 Å². The monoisotopic (exact) mass is 881 g/mol. The third-order valence-electron chi connectivity index (χ3n) is 12.5. The second-order valence-corrected chi connectivity index (χ2v) is 18.0. The van der Waals surface area contributed by atoms with Gasteiger partial charge in [-0.25, -0.2) is 0 Å². The maximum atomic E-state index is 6.87. The molecule has 0 saturated carbocycles. The van der Waals surface area contributed by atoms with Crippen LogP contribution in [0, 0.1) is 0 Å². The van der Waals surface area contributed by atoms with Gasteiger partial charge in [0, 0.05) is 35.3 Å². The molecule has 10 rings (SSSR count). The normalized spacial score (nSPS) is 11.5. The van der Waals surface area contributed by atoms with Crippen LogP contribution < -0.4 is 9.47 Å². The zero-order chi connectivity index (χ0) is 46.5. The summed E-state index contributed by atoms with van der Waals surface area (Å²) in [5.41, 5.74) is 15.6. The van der Waals surface area contributed by atoms with Gasteiger partial charge in [0.2, 0.25) is 0 Å².